The maximum absolute atomic E-state index is 13.4. The van der Waals surface area contributed by atoms with Crippen LogP contribution in [0.4, 0.5) is 18.0 Å². The number of aliphatic carboxylic acids is 1. The largest absolute Gasteiger partial charge is 0.490 e. The van der Waals surface area contributed by atoms with Gasteiger partial charge in [0.2, 0.25) is 0 Å². The third kappa shape index (κ3) is 5.69. The van der Waals surface area contributed by atoms with Crippen molar-refractivity contribution >= 4 is 12.0 Å². The van der Waals surface area contributed by atoms with Crippen LogP contribution in [-0.2, 0) is 43.3 Å². The molecule has 11 nitrogen and oxygen atoms in total. The summed E-state index contributed by atoms with van der Waals surface area (Å²) in [6.07, 6.45) is 1.36. The number of likely N-dealkylation sites (tertiary alicyclic amines) is 1. The molecule has 1 atom stereocenters. The standard InChI is InChI=1S/C22H31N7O2.C2HF3O2/c1-15(2)24-21(31)28-8-5-22(14-28)6-9-29-19(30)17-13-27(7-4-18(17)25-20(22)29)12-16-10-23-26(3)11-16;3-2(4,5)1(6)7/h10-11,15H,4-9,12-14H2,1-3H3,(H,24,31);(H,6,7). The van der Waals surface area contributed by atoms with Crippen LogP contribution >= 0.6 is 0 Å². The quantitative estimate of drug-likeness (QED) is 0.607. The molecule has 0 aromatic carbocycles. The number of aryl methyl sites for hydroxylation is 1. The number of alkyl halides is 3. The number of halogens is 3. The van der Waals surface area contributed by atoms with Crippen molar-refractivity contribution in [3.63, 3.8) is 0 Å². The summed E-state index contributed by atoms with van der Waals surface area (Å²) in [5, 5.41) is 14.4. The Kier molecular flexibility index (Phi) is 7.55. The number of carbonyl (C=O) groups is 2. The Balaban J connectivity index is 0.000000426. The number of hydrogen-bond acceptors (Lipinski definition) is 6. The molecule has 14 heteroatoms. The molecule has 2 N–H and O–H groups in total. The summed E-state index contributed by atoms with van der Waals surface area (Å²) in [6.45, 7) is 8.29. The van der Waals surface area contributed by atoms with E-state index in [1.54, 1.807) is 0 Å². The van der Waals surface area contributed by atoms with E-state index in [1.165, 1.54) is 0 Å². The molecule has 1 saturated heterocycles. The molecule has 38 heavy (non-hydrogen) atoms. The van der Waals surface area contributed by atoms with Gasteiger partial charge in [-0.2, -0.15) is 18.3 Å². The maximum atomic E-state index is 13.4. The van der Waals surface area contributed by atoms with Gasteiger partial charge in [0.25, 0.3) is 5.56 Å². The van der Waals surface area contributed by atoms with Gasteiger partial charge in [0.05, 0.1) is 17.5 Å². The lowest BCUT2D eigenvalue weighted by atomic mass is 9.85. The summed E-state index contributed by atoms with van der Waals surface area (Å²) in [6, 6.07) is 0.0963. The smallest absolute Gasteiger partial charge is 0.475 e. The highest BCUT2D eigenvalue weighted by Crippen LogP contribution is 2.41. The van der Waals surface area contributed by atoms with Gasteiger partial charge in [-0.05, 0) is 26.7 Å². The zero-order valence-corrected chi connectivity index (χ0v) is 21.6. The lowest BCUT2D eigenvalue weighted by molar-refractivity contribution is -0.192. The first kappa shape index (κ1) is 27.6. The molecule has 3 aliphatic rings. The molecule has 5 rings (SSSR count). The number of amides is 2. The first-order valence-electron chi connectivity index (χ1n) is 12.5. The van der Waals surface area contributed by atoms with E-state index in [0.717, 1.165) is 55.0 Å². The minimum Gasteiger partial charge on any atom is -0.475 e. The maximum Gasteiger partial charge on any atom is 0.490 e. The third-order valence-corrected chi connectivity index (χ3v) is 7.14. The molecule has 1 spiro atoms. The van der Waals surface area contributed by atoms with E-state index < -0.39 is 12.1 Å². The van der Waals surface area contributed by atoms with Crippen molar-refractivity contribution in [1.82, 2.24) is 34.4 Å². The fourth-order valence-corrected chi connectivity index (χ4v) is 5.34. The van der Waals surface area contributed by atoms with E-state index in [2.05, 4.69) is 15.3 Å². The van der Waals surface area contributed by atoms with Gasteiger partial charge in [-0.25, -0.2) is 14.6 Å². The number of carboxylic acids is 1. The van der Waals surface area contributed by atoms with Gasteiger partial charge < -0.3 is 15.3 Å². The molecule has 0 saturated carbocycles. The average molecular weight is 540 g/mol. The molecule has 3 aliphatic heterocycles. The van der Waals surface area contributed by atoms with Gasteiger partial charge in [-0.3, -0.25) is 18.9 Å². The molecule has 208 valence electrons. The number of hydrogen-bond donors (Lipinski definition) is 2. The molecule has 1 unspecified atom stereocenters. The van der Waals surface area contributed by atoms with Gasteiger partial charge in [0, 0.05) is 76.0 Å². The van der Waals surface area contributed by atoms with Crippen molar-refractivity contribution in [3.8, 4) is 0 Å². The van der Waals surface area contributed by atoms with Crippen molar-refractivity contribution in [2.45, 2.75) is 70.4 Å². The van der Waals surface area contributed by atoms with E-state index in [4.69, 9.17) is 14.9 Å². The summed E-state index contributed by atoms with van der Waals surface area (Å²) in [5.41, 5.74) is 2.87. The number of aromatic nitrogens is 4. The Hall–Kier alpha value is -3.42. The summed E-state index contributed by atoms with van der Waals surface area (Å²) in [5.74, 6) is -1.86. The van der Waals surface area contributed by atoms with Crippen LogP contribution in [0.15, 0.2) is 17.2 Å². The molecule has 0 radical (unpaired) electrons. The number of nitrogens with zero attached hydrogens (tertiary/aromatic N) is 6. The van der Waals surface area contributed by atoms with Crippen LogP contribution in [-0.4, -0.2) is 78.1 Å². The normalized spacial score (nSPS) is 20.8. The van der Waals surface area contributed by atoms with Crippen LogP contribution in [0.2, 0.25) is 0 Å². The van der Waals surface area contributed by atoms with Crippen molar-refractivity contribution in [2.75, 3.05) is 19.6 Å². The number of nitrogens with one attached hydrogen (secondary N) is 1. The van der Waals surface area contributed by atoms with Crippen LogP contribution in [0.1, 0.15) is 49.3 Å². The Morgan fingerprint density at radius 2 is 1.89 bits per heavy atom. The Morgan fingerprint density at radius 3 is 2.50 bits per heavy atom. The number of carbonyl (C=O) groups excluding carboxylic acids is 1. The SMILES string of the molecule is CC(C)NC(=O)N1CCC2(CCn3c2nc2c(c3=O)CN(Cc3cnn(C)c3)CC2)C1.O=C(O)C(F)(F)F. The second kappa shape index (κ2) is 10.4. The van der Waals surface area contributed by atoms with Gasteiger partial charge in [0.15, 0.2) is 0 Å². The Bertz CT molecular complexity index is 1270. The van der Waals surface area contributed by atoms with Gasteiger partial charge in [-0.1, -0.05) is 0 Å². The molecule has 0 bridgehead atoms. The third-order valence-electron chi connectivity index (χ3n) is 7.14. The van der Waals surface area contributed by atoms with Crippen LogP contribution in [0.5, 0.6) is 0 Å². The second-order valence-electron chi connectivity index (χ2n) is 10.4. The highest BCUT2D eigenvalue weighted by atomic mass is 19.4. The predicted octanol–water partition coefficient (Wildman–Crippen LogP) is 1.63. The fourth-order valence-electron chi connectivity index (χ4n) is 5.34. The second-order valence-corrected chi connectivity index (χ2v) is 10.4. The Labute approximate surface area is 217 Å². The van der Waals surface area contributed by atoms with Crippen LogP contribution in [0.25, 0.3) is 0 Å². The number of urea groups is 1. The molecule has 2 amide bonds. The number of fused-ring (bicyclic) bond motifs is 3. The average Bonchev–Trinajstić information content (AvgIpc) is 3.54. The highest BCUT2D eigenvalue weighted by molar-refractivity contribution is 5.75. The summed E-state index contributed by atoms with van der Waals surface area (Å²) in [4.78, 5) is 44.0. The topological polar surface area (TPSA) is 126 Å². The van der Waals surface area contributed by atoms with E-state index in [0.29, 0.717) is 26.2 Å². The summed E-state index contributed by atoms with van der Waals surface area (Å²) < 4.78 is 35.4. The van der Waals surface area contributed by atoms with Crippen molar-refractivity contribution in [2.24, 2.45) is 7.05 Å². The van der Waals surface area contributed by atoms with Crippen molar-refractivity contribution in [1.29, 1.82) is 0 Å². The number of carboxylic acid groups (broad SMARTS) is 1. The van der Waals surface area contributed by atoms with Gasteiger partial charge in [-0.15, -0.1) is 0 Å². The van der Waals surface area contributed by atoms with Crippen molar-refractivity contribution < 1.29 is 27.9 Å². The van der Waals surface area contributed by atoms with Crippen LogP contribution in [0, 0.1) is 0 Å². The van der Waals surface area contributed by atoms with Gasteiger partial charge in [0.1, 0.15) is 5.82 Å². The predicted molar refractivity (Wildman–Crippen MR) is 129 cm³/mol. The molecule has 2 aromatic rings. The van der Waals surface area contributed by atoms with Crippen molar-refractivity contribution in [3.05, 3.63) is 45.4 Å². The molecule has 1 fully saturated rings. The fraction of sp³-hybridized carbons (Fsp3) is 0.625. The van der Waals surface area contributed by atoms with Gasteiger partial charge >= 0.3 is 18.2 Å². The molecule has 0 aliphatic carbocycles. The van der Waals surface area contributed by atoms with Crippen LogP contribution in [0.3, 0.4) is 0 Å². The van der Waals surface area contributed by atoms with E-state index in [9.17, 15) is 22.8 Å². The summed E-state index contributed by atoms with van der Waals surface area (Å²) in [7, 11) is 1.92. The molecule has 5 heterocycles. The summed E-state index contributed by atoms with van der Waals surface area (Å²) >= 11 is 0. The zero-order valence-electron chi connectivity index (χ0n) is 21.6. The monoisotopic (exact) mass is 539 g/mol. The molecular weight excluding hydrogens is 507 g/mol. The lowest BCUT2D eigenvalue weighted by Gasteiger charge is -2.29. The minimum absolute atomic E-state index is 0.0170. The number of rotatable bonds is 3. The molecular formula is C24H32F3N7O4. The highest BCUT2D eigenvalue weighted by Gasteiger charge is 2.48. The van der Waals surface area contributed by atoms with E-state index >= 15 is 0 Å². The molecule has 2 aromatic heterocycles. The van der Waals surface area contributed by atoms with E-state index in [-0.39, 0.29) is 23.0 Å². The first-order chi connectivity index (χ1) is 17.8. The lowest BCUT2D eigenvalue weighted by Crippen LogP contribution is -2.43. The van der Waals surface area contributed by atoms with E-state index in [1.807, 2.05) is 47.4 Å². The van der Waals surface area contributed by atoms with Crippen LogP contribution < -0.4 is 10.9 Å². The first-order valence-corrected chi connectivity index (χ1v) is 12.5. The Morgan fingerprint density at radius 1 is 1.21 bits per heavy atom. The minimum atomic E-state index is -5.08. The zero-order chi connectivity index (χ0) is 27.8.